The second kappa shape index (κ2) is 9.74. The lowest BCUT2D eigenvalue weighted by atomic mass is 9.96. The molecule has 2 aromatic carbocycles. The van der Waals surface area contributed by atoms with Crippen molar-refractivity contribution < 1.29 is 9.18 Å². The van der Waals surface area contributed by atoms with E-state index < -0.39 is 0 Å². The highest BCUT2D eigenvalue weighted by Crippen LogP contribution is 2.47. The van der Waals surface area contributed by atoms with Crippen LogP contribution >= 0.6 is 0 Å². The molecule has 5 nitrogen and oxygen atoms in total. The first-order valence-electron chi connectivity index (χ1n) is 10.6. The van der Waals surface area contributed by atoms with Crippen molar-refractivity contribution in [1.29, 1.82) is 0 Å². The second-order valence-corrected chi connectivity index (χ2v) is 8.05. The normalized spacial score (nSPS) is 15.9. The molecule has 1 amide bonds. The number of rotatable bonds is 8. The van der Waals surface area contributed by atoms with Gasteiger partial charge in [-0.15, -0.1) is 0 Å². The summed E-state index contributed by atoms with van der Waals surface area (Å²) >= 11 is 0. The van der Waals surface area contributed by atoms with Crippen LogP contribution in [0.1, 0.15) is 54.6 Å². The molecule has 1 saturated carbocycles. The first-order valence-corrected chi connectivity index (χ1v) is 10.6. The van der Waals surface area contributed by atoms with Crippen molar-refractivity contribution in [2.45, 2.75) is 51.1 Å². The molecule has 1 atom stereocenters. The zero-order valence-electron chi connectivity index (χ0n) is 18.0. The number of nitrogens with zero attached hydrogens (tertiary/aromatic N) is 1. The second-order valence-electron chi connectivity index (χ2n) is 8.05. The molecule has 0 bridgehead atoms. The largest absolute Gasteiger partial charge is 0.356 e. The van der Waals surface area contributed by atoms with Gasteiger partial charge < -0.3 is 16.0 Å². The number of halogens is 1. The highest BCUT2D eigenvalue weighted by molar-refractivity contribution is 5.94. The lowest BCUT2D eigenvalue weighted by molar-refractivity contribution is 0.0939. The van der Waals surface area contributed by atoms with E-state index in [2.05, 4.69) is 20.9 Å². The molecule has 0 aliphatic heterocycles. The van der Waals surface area contributed by atoms with Gasteiger partial charge in [-0.3, -0.25) is 9.79 Å². The van der Waals surface area contributed by atoms with E-state index in [1.54, 1.807) is 19.2 Å². The number of carbonyl (C=O) groups excluding carboxylic acids is 1. The molecule has 0 aromatic heterocycles. The monoisotopic (exact) mass is 410 g/mol. The number of aliphatic imine (C=N–C) groups is 1. The average molecular weight is 411 g/mol. The molecule has 0 saturated heterocycles. The summed E-state index contributed by atoms with van der Waals surface area (Å²) in [4.78, 5) is 16.6. The maximum atomic E-state index is 13.6. The van der Waals surface area contributed by atoms with Crippen LogP contribution in [0, 0.1) is 5.82 Å². The zero-order chi connectivity index (χ0) is 21.6. The summed E-state index contributed by atoms with van der Waals surface area (Å²) in [5, 5.41) is 9.66. The minimum Gasteiger partial charge on any atom is -0.356 e. The van der Waals surface area contributed by atoms with Crippen LogP contribution in [0.3, 0.4) is 0 Å². The Labute approximate surface area is 178 Å². The fourth-order valence-corrected chi connectivity index (χ4v) is 3.43. The summed E-state index contributed by atoms with van der Waals surface area (Å²) in [5.74, 6) is 0.435. The molecule has 1 unspecified atom stereocenters. The van der Waals surface area contributed by atoms with E-state index in [0.29, 0.717) is 24.6 Å². The summed E-state index contributed by atoms with van der Waals surface area (Å²) < 4.78 is 13.6. The Kier molecular flexibility index (Phi) is 7.08. The van der Waals surface area contributed by atoms with E-state index in [1.807, 2.05) is 44.2 Å². The molecule has 0 radical (unpaired) electrons. The van der Waals surface area contributed by atoms with Crippen molar-refractivity contribution in [3.05, 3.63) is 71.0 Å². The molecular formula is C24H31FN4O. The Balaban J connectivity index is 1.55. The Morgan fingerprint density at radius 2 is 1.93 bits per heavy atom. The number of nitrogens with one attached hydrogen (secondary N) is 3. The summed E-state index contributed by atoms with van der Waals surface area (Å²) in [7, 11) is 1.73. The van der Waals surface area contributed by atoms with Crippen LogP contribution in [0.2, 0.25) is 0 Å². The van der Waals surface area contributed by atoms with Gasteiger partial charge in [0.1, 0.15) is 5.82 Å². The fourth-order valence-electron chi connectivity index (χ4n) is 3.43. The van der Waals surface area contributed by atoms with Crippen LogP contribution in [-0.2, 0) is 12.0 Å². The molecule has 2 aromatic rings. The molecule has 1 fully saturated rings. The van der Waals surface area contributed by atoms with Crippen molar-refractivity contribution in [1.82, 2.24) is 16.0 Å². The Morgan fingerprint density at radius 3 is 2.60 bits per heavy atom. The van der Waals surface area contributed by atoms with E-state index in [1.165, 1.54) is 6.07 Å². The van der Waals surface area contributed by atoms with Crippen LogP contribution in [0.15, 0.2) is 53.5 Å². The van der Waals surface area contributed by atoms with Gasteiger partial charge in [-0.05, 0) is 61.6 Å². The Bertz CT molecular complexity index is 908. The summed E-state index contributed by atoms with van der Waals surface area (Å²) in [6.45, 7) is 5.30. The van der Waals surface area contributed by atoms with Gasteiger partial charge in [-0.1, -0.05) is 31.2 Å². The third-order valence-electron chi connectivity index (χ3n) is 5.75. The topological polar surface area (TPSA) is 65.5 Å². The molecule has 1 aliphatic carbocycles. The van der Waals surface area contributed by atoms with Gasteiger partial charge in [0.25, 0.3) is 5.91 Å². The number of benzene rings is 2. The predicted molar refractivity (Wildman–Crippen MR) is 119 cm³/mol. The lowest BCUT2D eigenvalue weighted by Gasteiger charge is -2.19. The van der Waals surface area contributed by atoms with E-state index in [-0.39, 0.29) is 23.2 Å². The van der Waals surface area contributed by atoms with Gasteiger partial charge in [0.05, 0.1) is 0 Å². The zero-order valence-corrected chi connectivity index (χ0v) is 18.0. The van der Waals surface area contributed by atoms with Crippen LogP contribution in [-0.4, -0.2) is 31.5 Å². The minimum absolute atomic E-state index is 0.0201. The molecule has 1 aliphatic rings. The molecule has 3 rings (SSSR count). The molecule has 30 heavy (non-hydrogen) atoms. The van der Waals surface area contributed by atoms with Gasteiger partial charge in [-0.25, -0.2) is 4.39 Å². The SMILES string of the molecule is CCC(C)NC(=O)c1cccc(CNC(=NC)NCC2(c3cccc(F)c3)CC2)c1. The standard InChI is InChI=1S/C24H31FN4O/c1-4-17(2)29-22(30)19-8-5-7-18(13-19)15-27-23(26-3)28-16-24(11-12-24)20-9-6-10-21(25)14-20/h5-10,13-14,17H,4,11-12,15-16H2,1-3H3,(H,29,30)(H2,26,27,28). The molecule has 3 N–H and O–H groups in total. The van der Waals surface area contributed by atoms with Crippen molar-refractivity contribution in [2.75, 3.05) is 13.6 Å². The van der Waals surface area contributed by atoms with Crippen molar-refractivity contribution in [2.24, 2.45) is 4.99 Å². The van der Waals surface area contributed by atoms with Crippen LogP contribution in [0.25, 0.3) is 0 Å². The molecule has 0 spiro atoms. The van der Waals surface area contributed by atoms with E-state index >= 15 is 0 Å². The van der Waals surface area contributed by atoms with Crippen molar-refractivity contribution >= 4 is 11.9 Å². The summed E-state index contributed by atoms with van der Waals surface area (Å²) in [6, 6.07) is 14.6. The van der Waals surface area contributed by atoms with Crippen LogP contribution in [0.4, 0.5) is 4.39 Å². The number of guanidine groups is 1. The van der Waals surface area contributed by atoms with Crippen molar-refractivity contribution in [3.8, 4) is 0 Å². The van der Waals surface area contributed by atoms with Gasteiger partial charge in [0.15, 0.2) is 5.96 Å². The number of hydrogen-bond donors (Lipinski definition) is 3. The highest BCUT2D eigenvalue weighted by atomic mass is 19.1. The predicted octanol–water partition coefficient (Wildman–Crippen LogP) is 3.75. The maximum Gasteiger partial charge on any atom is 0.251 e. The van der Waals surface area contributed by atoms with Crippen LogP contribution in [0.5, 0.6) is 0 Å². The van der Waals surface area contributed by atoms with Gasteiger partial charge in [0, 0.05) is 37.2 Å². The third-order valence-corrected chi connectivity index (χ3v) is 5.75. The average Bonchev–Trinajstić information content (AvgIpc) is 3.55. The fraction of sp³-hybridized carbons (Fsp3) is 0.417. The van der Waals surface area contributed by atoms with Crippen LogP contribution < -0.4 is 16.0 Å². The van der Waals surface area contributed by atoms with E-state index in [4.69, 9.17) is 0 Å². The number of amides is 1. The molecule has 0 heterocycles. The molecule has 160 valence electrons. The smallest absolute Gasteiger partial charge is 0.251 e. The highest BCUT2D eigenvalue weighted by Gasteiger charge is 2.44. The van der Waals surface area contributed by atoms with Crippen molar-refractivity contribution in [3.63, 3.8) is 0 Å². The summed E-state index contributed by atoms with van der Waals surface area (Å²) in [6.07, 6.45) is 2.97. The molecule has 6 heteroatoms. The number of carbonyl (C=O) groups is 1. The van der Waals surface area contributed by atoms with Gasteiger partial charge in [0.2, 0.25) is 0 Å². The van der Waals surface area contributed by atoms with Gasteiger partial charge in [-0.2, -0.15) is 0 Å². The minimum atomic E-state index is -0.196. The lowest BCUT2D eigenvalue weighted by Crippen LogP contribution is -2.41. The first-order chi connectivity index (χ1) is 14.5. The van der Waals surface area contributed by atoms with E-state index in [0.717, 1.165) is 30.4 Å². The first kappa shape index (κ1) is 21.8. The maximum absolute atomic E-state index is 13.6. The van der Waals surface area contributed by atoms with Gasteiger partial charge >= 0.3 is 0 Å². The third kappa shape index (κ3) is 5.59. The molecular weight excluding hydrogens is 379 g/mol. The summed E-state index contributed by atoms with van der Waals surface area (Å²) in [5.41, 5.74) is 2.67. The van der Waals surface area contributed by atoms with E-state index in [9.17, 15) is 9.18 Å². The Morgan fingerprint density at radius 1 is 1.17 bits per heavy atom. The Hall–Kier alpha value is -2.89. The quantitative estimate of drug-likeness (QED) is 0.459. The number of hydrogen-bond acceptors (Lipinski definition) is 2.